The number of carbonyl (C=O) groups is 1. The van der Waals surface area contributed by atoms with Gasteiger partial charge < -0.3 is 20.5 Å². The molecule has 6 nitrogen and oxygen atoms in total. The van der Waals surface area contributed by atoms with Crippen LogP contribution in [0.1, 0.15) is 12.2 Å². The zero-order valence-electron chi connectivity index (χ0n) is 15.1. The molecule has 2 atom stereocenters. The average Bonchev–Trinajstić information content (AvgIpc) is 2.94. The zero-order valence-corrected chi connectivity index (χ0v) is 15.1. The smallest absolute Gasteiger partial charge is 0.335 e. The first-order valence-corrected chi connectivity index (χ1v) is 8.62. The molecule has 1 aromatic carbocycles. The molecule has 1 saturated heterocycles. The van der Waals surface area contributed by atoms with E-state index in [-0.39, 0.29) is 29.8 Å². The van der Waals surface area contributed by atoms with Crippen LogP contribution < -0.4 is 11.1 Å². The topological polar surface area (TPSA) is 76.2 Å². The summed E-state index contributed by atoms with van der Waals surface area (Å²) >= 11 is 0. The molecule has 0 saturated carbocycles. The molecule has 2 aromatic rings. The Morgan fingerprint density at radius 1 is 1.46 bits per heavy atom. The van der Waals surface area contributed by atoms with Gasteiger partial charge in [-0.2, -0.15) is 13.2 Å². The van der Waals surface area contributed by atoms with Gasteiger partial charge in [0.15, 0.2) is 0 Å². The number of hydrogen-bond acceptors (Lipinski definition) is 4. The van der Waals surface area contributed by atoms with Crippen LogP contribution in [0.25, 0.3) is 11.0 Å². The molecular formula is C17H20F5N5O. The van der Waals surface area contributed by atoms with Crippen molar-refractivity contribution in [2.45, 2.75) is 30.9 Å². The van der Waals surface area contributed by atoms with Crippen molar-refractivity contribution in [1.29, 1.82) is 0 Å². The van der Waals surface area contributed by atoms with E-state index < -0.39 is 42.7 Å². The Bertz CT molecular complexity index is 883. The Balaban J connectivity index is 2.03. The highest BCUT2D eigenvalue weighted by Crippen LogP contribution is 2.31. The van der Waals surface area contributed by atoms with Gasteiger partial charge in [-0.3, -0.25) is 4.79 Å². The number of rotatable bonds is 4. The molecule has 2 heterocycles. The summed E-state index contributed by atoms with van der Waals surface area (Å²) in [6.45, 7) is -1.53. The summed E-state index contributed by atoms with van der Waals surface area (Å²) in [7, 11) is 1.02. The van der Waals surface area contributed by atoms with Gasteiger partial charge in [0.05, 0.1) is 11.0 Å². The van der Waals surface area contributed by atoms with Crippen LogP contribution in [0.3, 0.4) is 0 Å². The number of carbonyl (C=O) groups excluding carboxylic acids is 1. The second-order valence-corrected chi connectivity index (χ2v) is 6.99. The maximum Gasteiger partial charge on any atom is 0.406 e. The van der Waals surface area contributed by atoms with Gasteiger partial charge in [-0.1, -0.05) is 0 Å². The first kappa shape index (κ1) is 20.5. The Morgan fingerprint density at radius 2 is 2.18 bits per heavy atom. The number of aromatic nitrogens is 2. The lowest BCUT2D eigenvalue weighted by Gasteiger charge is -2.36. The Hall–Kier alpha value is -2.27. The number of imidazole rings is 1. The number of nitrogens with one attached hydrogen (secondary N) is 1. The van der Waals surface area contributed by atoms with E-state index in [1.54, 1.807) is 0 Å². The minimum absolute atomic E-state index is 0.0124. The van der Waals surface area contributed by atoms with Gasteiger partial charge >= 0.3 is 6.18 Å². The second kappa shape index (κ2) is 7.28. The van der Waals surface area contributed by atoms with E-state index in [4.69, 9.17) is 5.73 Å². The van der Waals surface area contributed by atoms with Crippen molar-refractivity contribution in [3.8, 4) is 0 Å². The van der Waals surface area contributed by atoms with Gasteiger partial charge in [-0.15, -0.1) is 0 Å². The molecule has 0 bridgehead atoms. The fourth-order valence-corrected chi connectivity index (χ4v) is 3.34. The van der Waals surface area contributed by atoms with Crippen LogP contribution in [0.5, 0.6) is 0 Å². The van der Waals surface area contributed by atoms with E-state index in [1.807, 2.05) is 0 Å². The molecule has 0 spiro atoms. The van der Waals surface area contributed by atoms with Crippen molar-refractivity contribution >= 4 is 16.9 Å². The molecule has 1 aliphatic rings. The summed E-state index contributed by atoms with van der Waals surface area (Å²) in [5, 5.41) is 2.96. The predicted molar refractivity (Wildman–Crippen MR) is 91.6 cm³/mol. The number of amides is 1. The van der Waals surface area contributed by atoms with Crippen molar-refractivity contribution in [1.82, 2.24) is 19.8 Å². The number of hydrogen-bond donors (Lipinski definition) is 2. The summed E-state index contributed by atoms with van der Waals surface area (Å²) in [4.78, 5) is 17.1. The molecule has 3 rings (SSSR count). The summed E-state index contributed by atoms with van der Waals surface area (Å²) in [6.07, 6.45) is -5.94. The summed E-state index contributed by atoms with van der Waals surface area (Å²) < 4.78 is 67.3. The summed E-state index contributed by atoms with van der Waals surface area (Å²) in [5.74, 6) is -1.46. The number of fused-ring (bicyclic) bond motifs is 1. The number of alkyl halides is 4. The van der Waals surface area contributed by atoms with Crippen molar-refractivity contribution in [3.05, 3.63) is 29.8 Å². The average molecular weight is 405 g/mol. The minimum atomic E-state index is -4.56. The fourth-order valence-electron chi connectivity index (χ4n) is 3.34. The predicted octanol–water partition coefficient (Wildman–Crippen LogP) is 1.68. The van der Waals surface area contributed by atoms with E-state index in [9.17, 15) is 26.7 Å². The molecule has 28 heavy (non-hydrogen) atoms. The highest BCUT2D eigenvalue weighted by Gasteiger charge is 2.44. The van der Waals surface area contributed by atoms with Gasteiger partial charge in [0.1, 0.15) is 36.4 Å². The number of nitrogens with two attached hydrogens (primary N) is 1. The van der Waals surface area contributed by atoms with Crippen LogP contribution in [-0.2, 0) is 16.9 Å². The maximum absolute atomic E-state index is 14.7. The third-order valence-corrected chi connectivity index (χ3v) is 4.81. The van der Waals surface area contributed by atoms with E-state index in [2.05, 4.69) is 10.3 Å². The SMILES string of the molecule is CN(CC(F)(F)F)C(=O)Cn1c([C@]2(N)CNCC[C@H]2F)nc2cc(F)ccc21. The lowest BCUT2D eigenvalue weighted by Crippen LogP contribution is -2.58. The van der Waals surface area contributed by atoms with E-state index in [1.165, 1.54) is 10.6 Å². The molecule has 3 N–H and O–H groups in total. The van der Waals surface area contributed by atoms with Crippen molar-refractivity contribution in [3.63, 3.8) is 0 Å². The van der Waals surface area contributed by atoms with E-state index >= 15 is 0 Å². The number of nitrogens with zero attached hydrogens (tertiary/aromatic N) is 3. The van der Waals surface area contributed by atoms with E-state index in [0.29, 0.717) is 11.4 Å². The molecule has 154 valence electrons. The number of likely N-dealkylation sites (N-methyl/N-ethyl adjacent to an activating group) is 1. The maximum atomic E-state index is 14.7. The van der Waals surface area contributed by atoms with Gasteiger partial charge in [-0.25, -0.2) is 13.8 Å². The zero-order chi connectivity index (χ0) is 20.7. The lowest BCUT2D eigenvalue weighted by molar-refractivity contribution is -0.158. The molecule has 11 heteroatoms. The van der Waals surface area contributed by atoms with Gasteiger partial charge in [0, 0.05) is 19.7 Å². The molecule has 1 aromatic heterocycles. The standard InChI is InChI=1S/C17H20F5N5O/c1-26(9-17(20,21)22)14(28)7-27-12-3-2-10(18)6-11(12)25-15(27)16(23)8-24-5-4-13(16)19/h2-3,6,13,24H,4-5,7-9,23H2,1H3/t13-,16+/m1/s1. The molecule has 1 fully saturated rings. The largest absolute Gasteiger partial charge is 0.406 e. The third-order valence-electron chi connectivity index (χ3n) is 4.81. The van der Waals surface area contributed by atoms with Gasteiger partial charge in [0.25, 0.3) is 0 Å². The number of halogens is 5. The van der Waals surface area contributed by atoms with Crippen LogP contribution in [0.2, 0.25) is 0 Å². The summed E-state index contributed by atoms with van der Waals surface area (Å²) in [6, 6.07) is 3.57. The first-order valence-electron chi connectivity index (χ1n) is 8.62. The van der Waals surface area contributed by atoms with Crippen LogP contribution in [0.15, 0.2) is 18.2 Å². The van der Waals surface area contributed by atoms with Crippen LogP contribution >= 0.6 is 0 Å². The molecule has 1 amide bonds. The van der Waals surface area contributed by atoms with Crippen molar-refractivity contribution in [2.24, 2.45) is 5.73 Å². The molecule has 0 radical (unpaired) electrons. The highest BCUT2D eigenvalue weighted by molar-refractivity contribution is 5.81. The van der Waals surface area contributed by atoms with Gasteiger partial charge in [-0.05, 0) is 25.1 Å². The van der Waals surface area contributed by atoms with Crippen LogP contribution in [0, 0.1) is 5.82 Å². The monoisotopic (exact) mass is 405 g/mol. The van der Waals surface area contributed by atoms with Crippen molar-refractivity contribution < 1.29 is 26.7 Å². The van der Waals surface area contributed by atoms with Gasteiger partial charge in [0.2, 0.25) is 5.91 Å². The lowest BCUT2D eigenvalue weighted by atomic mass is 9.88. The molecular weight excluding hydrogens is 385 g/mol. The third kappa shape index (κ3) is 3.95. The normalized spacial score (nSPS) is 23.2. The highest BCUT2D eigenvalue weighted by atomic mass is 19.4. The fraction of sp³-hybridized carbons (Fsp3) is 0.529. The number of piperidine rings is 1. The molecule has 0 aliphatic carbocycles. The Kier molecular flexibility index (Phi) is 5.32. The Labute approximate surface area is 157 Å². The van der Waals surface area contributed by atoms with Crippen LogP contribution in [0.4, 0.5) is 22.0 Å². The van der Waals surface area contributed by atoms with Crippen LogP contribution in [-0.4, -0.2) is 59.4 Å². The second-order valence-electron chi connectivity index (χ2n) is 6.99. The van der Waals surface area contributed by atoms with E-state index in [0.717, 1.165) is 19.2 Å². The molecule has 1 aliphatic heterocycles. The Morgan fingerprint density at radius 3 is 2.82 bits per heavy atom. The first-order chi connectivity index (χ1) is 13.0. The quantitative estimate of drug-likeness (QED) is 0.759. The number of benzene rings is 1. The summed E-state index contributed by atoms with van der Waals surface area (Å²) in [5.41, 5.74) is 5.09. The minimum Gasteiger partial charge on any atom is -0.335 e. The van der Waals surface area contributed by atoms with Crippen molar-refractivity contribution in [2.75, 3.05) is 26.7 Å². The molecule has 0 unspecified atom stereocenters.